The summed E-state index contributed by atoms with van der Waals surface area (Å²) in [6, 6.07) is 16.3. The minimum absolute atomic E-state index is 0.615. The van der Waals surface area contributed by atoms with Crippen molar-refractivity contribution >= 4 is 15.9 Å². The predicted octanol–water partition coefficient (Wildman–Crippen LogP) is 4.59. The van der Waals surface area contributed by atoms with Crippen molar-refractivity contribution in [3.8, 4) is 5.75 Å². The van der Waals surface area contributed by atoms with Gasteiger partial charge in [0.2, 0.25) is 0 Å². The highest BCUT2D eigenvalue weighted by Gasteiger charge is 2.00. The van der Waals surface area contributed by atoms with Crippen LogP contribution in [-0.2, 0) is 13.0 Å². The predicted molar refractivity (Wildman–Crippen MR) is 74.3 cm³/mol. The topological polar surface area (TPSA) is 9.23 Å². The number of rotatable bonds is 4. The molecule has 1 nitrogen and oxygen atoms in total. The fourth-order valence-corrected chi connectivity index (χ4v) is 2.20. The van der Waals surface area contributed by atoms with E-state index >= 15 is 0 Å². The molecular weight excluding hydrogens is 276 g/mol. The van der Waals surface area contributed by atoms with Crippen LogP contribution < -0.4 is 4.74 Å². The normalized spacial score (nSPS) is 10.2. The molecule has 2 heteroatoms. The van der Waals surface area contributed by atoms with Crippen LogP contribution >= 0.6 is 15.9 Å². The number of ether oxygens (including phenoxy) is 1. The van der Waals surface area contributed by atoms with Crippen LogP contribution in [0.1, 0.15) is 18.1 Å². The van der Waals surface area contributed by atoms with E-state index in [4.69, 9.17) is 4.74 Å². The summed E-state index contributed by atoms with van der Waals surface area (Å²) in [6.07, 6.45) is 1.03. The lowest BCUT2D eigenvalue weighted by molar-refractivity contribution is 0.306. The van der Waals surface area contributed by atoms with Gasteiger partial charge in [-0.05, 0) is 35.7 Å². The molecule has 0 aliphatic heterocycles. The minimum atomic E-state index is 0.615. The van der Waals surface area contributed by atoms with E-state index in [1.165, 1.54) is 15.6 Å². The first-order valence-corrected chi connectivity index (χ1v) is 6.54. The third-order valence-electron chi connectivity index (χ3n) is 2.64. The summed E-state index contributed by atoms with van der Waals surface area (Å²) >= 11 is 3.55. The Morgan fingerprint density at radius 2 is 1.82 bits per heavy atom. The zero-order valence-electron chi connectivity index (χ0n) is 9.82. The number of hydrogen-bond acceptors (Lipinski definition) is 1. The van der Waals surface area contributed by atoms with Crippen molar-refractivity contribution in [1.82, 2.24) is 0 Å². The molecule has 0 fully saturated rings. The van der Waals surface area contributed by atoms with Gasteiger partial charge in [0.15, 0.2) is 0 Å². The number of hydrogen-bond donors (Lipinski definition) is 0. The lowest BCUT2D eigenvalue weighted by Gasteiger charge is -2.08. The summed E-state index contributed by atoms with van der Waals surface area (Å²) in [5.74, 6) is 0.911. The van der Waals surface area contributed by atoms with Crippen LogP contribution in [0.3, 0.4) is 0 Å². The average molecular weight is 291 g/mol. The molecule has 2 rings (SSSR count). The average Bonchev–Trinajstić information content (AvgIpc) is 2.39. The molecule has 0 aliphatic carbocycles. The van der Waals surface area contributed by atoms with Gasteiger partial charge in [-0.2, -0.15) is 0 Å². The van der Waals surface area contributed by atoms with Crippen molar-refractivity contribution in [2.24, 2.45) is 0 Å². The lowest BCUT2D eigenvalue weighted by Crippen LogP contribution is -1.96. The van der Waals surface area contributed by atoms with Crippen molar-refractivity contribution < 1.29 is 4.74 Å². The summed E-state index contributed by atoms with van der Waals surface area (Å²) in [7, 11) is 0. The molecule has 0 unspecified atom stereocenters. The molecule has 0 N–H and O–H groups in total. The number of aryl methyl sites for hydroxylation is 1. The fourth-order valence-electron chi connectivity index (χ4n) is 1.67. The molecule has 2 aromatic carbocycles. The molecule has 0 amide bonds. The van der Waals surface area contributed by atoms with Gasteiger partial charge in [0.1, 0.15) is 12.4 Å². The number of para-hydroxylation sites is 1. The molecule has 0 aliphatic rings. The van der Waals surface area contributed by atoms with Gasteiger partial charge in [0.05, 0.1) is 0 Å². The molecule has 0 aromatic heterocycles. The van der Waals surface area contributed by atoms with Crippen LogP contribution in [-0.4, -0.2) is 0 Å². The van der Waals surface area contributed by atoms with E-state index in [0.717, 1.165) is 12.2 Å². The molecule has 88 valence electrons. The number of halogens is 1. The van der Waals surface area contributed by atoms with Gasteiger partial charge in [-0.3, -0.25) is 0 Å². The maximum Gasteiger partial charge on any atom is 0.119 e. The van der Waals surface area contributed by atoms with E-state index in [0.29, 0.717) is 6.61 Å². The molecule has 0 bridgehead atoms. The maximum absolute atomic E-state index is 5.72. The van der Waals surface area contributed by atoms with E-state index in [2.05, 4.69) is 41.1 Å². The first-order valence-electron chi connectivity index (χ1n) is 5.74. The van der Waals surface area contributed by atoms with Crippen LogP contribution in [0.5, 0.6) is 5.75 Å². The highest BCUT2D eigenvalue weighted by atomic mass is 79.9. The Balaban J connectivity index is 2.04. The van der Waals surface area contributed by atoms with Crippen LogP contribution in [0.4, 0.5) is 0 Å². The molecule has 0 atom stereocenters. The van der Waals surface area contributed by atoms with E-state index in [1.54, 1.807) is 0 Å². The molecule has 0 saturated heterocycles. The Kier molecular flexibility index (Phi) is 4.21. The van der Waals surface area contributed by atoms with Crippen LogP contribution in [0.2, 0.25) is 0 Å². The Morgan fingerprint density at radius 3 is 2.53 bits per heavy atom. The van der Waals surface area contributed by atoms with E-state index < -0.39 is 0 Å². The molecule has 2 aromatic rings. The van der Waals surface area contributed by atoms with E-state index in [-0.39, 0.29) is 0 Å². The van der Waals surface area contributed by atoms with Crippen LogP contribution in [0, 0.1) is 0 Å². The Morgan fingerprint density at radius 1 is 1.06 bits per heavy atom. The highest BCUT2D eigenvalue weighted by Crippen LogP contribution is 2.20. The maximum atomic E-state index is 5.72. The van der Waals surface area contributed by atoms with Gasteiger partial charge in [0, 0.05) is 4.47 Å². The van der Waals surface area contributed by atoms with Crippen molar-refractivity contribution in [2.45, 2.75) is 20.0 Å². The summed E-state index contributed by atoms with van der Waals surface area (Å²) in [5, 5.41) is 0. The molecular formula is C15H15BrO. The third kappa shape index (κ3) is 3.34. The Bertz CT molecular complexity index is 480. The molecule has 0 saturated carbocycles. The lowest BCUT2D eigenvalue weighted by atomic mass is 10.1. The minimum Gasteiger partial charge on any atom is -0.489 e. The second-order valence-electron chi connectivity index (χ2n) is 3.88. The number of benzene rings is 2. The van der Waals surface area contributed by atoms with Crippen molar-refractivity contribution in [3.05, 3.63) is 64.1 Å². The summed E-state index contributed by atoms with van der Waals surface area (Å²) in [5.41, 5.74) is 2.52. The molecule has 17 heavy (non-hydrogen) atoms. The van der Waals surface area contributed by atoms with Gasteiger partial charge in [0.25, 0.3) is 0 Å². The Hall–Kier alpha value is -1.28. The standard InChI is InChI=1S/C15H15BrO/c1-2-13-10-12(8-9-15(13)16)11-17-14-6-4-3-5-7-14/h3-10H,2,11H2,1H3. The van der Waals surface area contributed by atoms with Crippen LogP contribution in [0.15, 0.2) is 53.0 Å². The molecule has 0 spiro atoms. The zero-order chi connectivity index (χ0) is 12.1. The van der Waals surface area contributed by atoms with Gasteiger partial charge >= 0.3 is 0 Å². The van der Waals surface area contributed by atoms with E-state index in [1.807, 2.05) is 30.3 Å². The van der Waals surface area contributed by atoms with Crippen molar-refractivity contribution in [2.75, 3.05) is 0 Å². The monoisotopic (exact) mass is 290 g/mol. The van der Waals surface area contributed by atoms with Gasteiger partial charge in [-0.15, -0.1) is 0 Å². The highest BCUT2D eigenvalue weighted by molar-refractivity contribution is 9.10. The first-order chi connectivity index (χ1) is 8.29. The zero-order valence-corrected chi connectivity index (χ0v) is 11.4. The second-order valence-corrected chi connectivity index (χ2v) is 4.74. The second kappa shape index (κ2) is 5.87. The fraction of sp³-hybridized carbons (Fsp3) is 0.200. The first kappa shape index (κ1) is 12.2. The van der Waals surface area contributed by atoms with Crippen molar-refractivity contribution in [3.63, 3.8) is 0 Å². The summed E-state index contributed by atoms with van der Waals surface area (Å²) in [4.78, 5) is 0. The van der Waals surface area contributed by atoms with Gasteiger partial charge < -0.3 is 4.74 Å². The van der Waals surface area contributed by atoms with Gasteiger partial charge in [-0.1, -0.05) is 53.2 Å². The summed E-state index contributed by atoms with van der Waals surface area (Å²) in [6.45, 7) is 2.77. The molecule has 0 radical (unpaired) electrons. The quantitative estimate of drug-likeness (QED) is 0.800. The van der Waals surface area contributed by atoms with Gasteiger partial charge in [-0.25, -0.2) is 0 Å². The summed E-state index contributed by atoms with van der Waals surface area (Å²) < 4.78 is 6.89. The molecule has 0 heterocycles. The van der Waals surface area contributed by atoms with E-state index in [9.17, 15) is 0 Å². The smallest absolute Gasteiger partial charge is 0.119 e. The SMILES string of the molecule is CCc1cc(COc2ccccc2)ccc1Br. The van der Waals surface area contributed by atoms with Crippen molar-refractivity contribution in [1.29, 1.82) is 0 Å². The largest absolute Gasteiger partial charge is 0.489 e. The third-order valence-corrected chi connectivity index (χ3v) is 3.41. The van der Waals surface area contributed by atoms with Crippen LogP contribution in [0.25, 0.3) is 0 Å². The Labute approximate surface area is 111 Å².